The van der Waals surface area contributed by atoms with Gasteiger partial charge in [-0.2, -0.15) is 0 Å². The molecular weight excluding hydrogens is 222 g/mol. The van der Waals surface area contributed by atoms with Gasteiger partial charge >= 0.3 is 0 Å². The molecular formula is C15H31N3. The molecule has 2 rings (SSSR count). The second-order valence-electron chi connectivity index (χ2n) is 6.42. The highest BCUT2D eigenvalue weighted by atomic mass is 15.2. The van der Waals surface area contributed by atoms with Gasteiger partial charge in [-0.1, -0.05) is 26.7 Å². The maximum atomic E-state index is 3.43. The predicted octanol–water partition coefficient (Wildman–Crippen LogP) is 1.79. The number of rotatable bonds is 6. The van der Waals surface area contributed by atoms with E-state index in [0.717, 1.165) is 12.0 Å². The normalized spacial score (nSPS) is 23.3. The van der Waals surface area contributed by atoms with Crippen LogP contribution in [0.15, 0.2) is 0 Å². The Labute approximate surface area is 113 Å². The van der Waals surface area contributed by atoms with E-state index in [1.54, 1.807) is 0 Å². The summed E-state index contributed by atoms with van der Waals surface area (Å²) in [5.74, 6) is 0.800. The van der Waals surface area contributed by atoms with Gasteiger partial charge in [-0.3, -0.25) is 9.80 Å². The highest BCUT2D eigenvalue weighted by molar-refractivity contribution is 4.79. The fourth-order valence-electron chi connectivity index (χ4n) is 3.37. The lowest BCUT2D eigenvalue weighted by molar-refractivity contribution is 0.140. The van der Waals surface area contributed by atoms with Crippen molar-refractivity contribution < 1.29 is 0 Å². The van der Waals surface area contributed by atoms with Crippen LogP contribution in [-0.2, 0) is 0 Å². The Hall–Kier alpha value is -0.120. The SMILES string of the molecule is CC(C)CN(CCN1CCNCC1)C1CCCC1. The fourth-order valence-corrected chi connectivity index (χ4v) is 3.37. The summed E-state index contributed by atoms with van der Waals surface area (Å²) < 4.78 is 0. The minimum Gasteiger partial charge on any atom is -0.314 e. The van der Waals surface area contributed by atoms with Crippen molar-refractivity contribution in [2.24, 2.45) is 5.92 Å². The number of nitrogens with zero attached hydrogens (tertiary/aromatic N) is 2. The fraction of sp³-hybridized carbons (Fsp3) is 1.00. The molecule has 3 heteroatoms. The first kappa shape index (κ1) is 14.3. The molecule has 0 spiro atoms. The van der Waals surface area contributed by atoms with Gasteiger partial charge in [0.25, 0.3) is 0 Å². The zero-order chi connectivity index (χ0) is 12.8. The predicted molar refractivity (Wildman–Crippen MR) is 78.0 cm³/mol. The van der Waals surface area contributed by atoms with Crippen LogP contribution in [0.4, 0.5) is 0 Å². The van der Waals surface area contributed by atoms with Gasteiger partial charge < -0.3 is 5.32 Å². The molecule has 0 bridgehead atoms. The van der Waals surface area contributed by atoms with Crippen LogP contribution < -0.4 is 5.32 Å². The van der Waals surface area contributed by atoms with Gasteiger partial charge in [0.05, 0.1) is 0 Å². The molecule has 106 valence electrons. The van der Waals surface area contributed by atoms with Gasteiger partial charge in [0.2, 0.25) is 0 Å². The first-order chi connectivity index (χ1) is 8.75. The average molecular weight is 253 g/mol. The summed E-state index contributed by atoms with van der Waals surface area (Å²) in [6.07, 6.45) is 5.78. The van der Waals surface area contributed by atoms with E-state index in [-0.39, 0.29) is 0 Å². The Morgan fingerprint density at radius 1 is 1.17 bits per heavy atom. The van der Waals surface area contributed by atoms with Gasteiger partial charge in [0.15, 0.2) is 0 Å². The van der Waals surface area contributed by atoms with E-state index in [0.29, 0.717) is 0 Å². The van der Waals surface area contributed by atoms with Crippen molar-refractivity contribution in [3.8, 4) is 0 Å². The lowest BCUT2D eigenvalue weighted by atomic mass is 10.1. The maximum Gasteiger partial charge on any atom is 0.0112 e. The van der Waals surface area contributed by atoms with Crippen molar-refractivity contribution in [1.29, 1.82) is 0 Å². The molecule has 1 aliphatic heterocycles. The quantitative estimate of drug-likeness (QED) is 0.778. The molecule has 2 aliphatic rings. The van der Waals surface area contributed by atoms with Crippen LogP contribution in [0.25, 0.3) is 0 Å². The molecule has 1 saturated carbocycles. The first-order valence-electron chi connectivity index (χ1n) is 7.93. The van der Waals surface area contributed by atoms with Crippen LogP contribution in [-0.4, -0.2) is 61.7 Å². The third kappa shape index (κ3) is 4.52. The minimum atomic E-state index is 0.800. The van der Waals surface area contributed by atoms with Crippen LogP contribution in [0, 0.1) is 5.92 Å². The van der Waals surface area contributed by atoms with E-state index in [1.807, 2.05) is 0 Å². The molecule has 0 radical (unpaired) electrons. The Morgan fingerprint density at radius 2 is 1.83 bits per heavy atom. The van der Waals surface area contributed by atoms with Crippen LogP contribution in [0.5, 0.6) is 0 Å². The largest absolute Gasteiger partial charge is 0.314 e. The van der Waals surface area contributed by atoms with Gasteiger partial charge in [-0.05, 0) is 18.8 Å². The van der Waals surface area contributed by atoms with E-state index in [4.69, 9.17) is 0 Å². The van der Waals surface area contributed by atoms with Crippen molar-refractivity contribution >= 4 is 0 Å². The highest BCUT2D eigenvalue weighted by Crippen LogP contribution is 2.24. The lowest BCUT2D eigenvalue weighted by Gasteiger charge is -2.34. The second-order valence-corrected chi connectivity index (χ2v) is 6.42. The molecule has 0 aromatic rings. The molecule has 0 amide bonds. The van der Waals surface area contributed by atoms with E-state index >= 15 is 0 Å². The topological polar surface area (TPSA) is 18.5 Å². The number of piperazine rings is 1. The number of nitrogens with one attached hydrogen (secondary N) is 1. The Bertz CT molecular complexity index is 218. The molecule has 18 heavy (non-hydrogen) atoms. The monoisotopic (exact) mass is 253 g/mol. The summed E-state index contributed by atoms with van der Waals surface area (Å²) >= 11 is 0. The van der Waals surface area contributed by atoms with E-state index < -0.39 is 0 Å². The smallest absolute Gasteiger partial charge is 0.0112 e. The molecule has 3 nitrogen and oxygen atoms in total. The Kier molecular flexibility index (Phi) is 5.93. The van der Waals surface area contributed by atoms with Crippen LogP contribution in [0.3, 0.4) is 0 Å². The summed E-state index contributed by atoms with van der Waals surface area (Å²) in [5, 5.41) is 3.43. The second kappa shape index (κ2) is 7.46. The maximum absolute atomic E-state index is 3.43. The number of hydrogen-bond acceptors (Lipinski definition) is 3. The summed E-state index contributed by atoms with van der Waals surface area (Å²) in [6, 6.07) is 0.885. The molecule has 0 atom stereocenters. The summed E-state index contributed by atoms with van der Waals surface area (Å²) in [5.41, 5.74) is 0. The lowest BCUT2D eigenvalue weighted by Crippen LogP contribution is -2.48. The Morgan fingerprint density at radius 3 is 2.44 bits per heavy atom. The minimum absolute atomic E-state index is 0.800. The van der Waals surface area contributed by atoms with E-state index in [1.165, 1.54) is 71.5 Å². The Balaban J connectivity index is 1.76. The van der Waals surface area contributed by atoms with Gasteiger partial charge in [-0.15, -0.1) is 0 Å². The van der Waals surface area contributed by atoms with Crippen molar-refractivity contribution in [3.63, 3.8) is 0 Å². The van der Waals surface area contributed by atoms with Crippen molar-refractivity contribution in [3.05, 3.63) is 0 Å². The standard InChI is InChI=1S/C15H31N3/c1-14(2)13-18(15-5-3-4-6-15)12-11-17-9-7-16-8-10-17/h14-16H,3-13H2,1-2H3. The third-order valence-electron chi connectivity index (χ3n) is 4.35. The number of hydrogen-bond donors (Lipinski definition) is 1. The van der Waals surface area contributed by atoms with Gasteiger partial charge in [0, 0.05) is 51.9 Å². The van der Waals surface area contributed by atoms with E-state index in [9.17, 15) is 0 Å². The molecule has 1 saturated heterocycles. The van der Waals surface area contributed by atoms with Crippen molar-refractivity contribution in [2.45, 2.75) is 45.6 Å². The van der Waals surface area contributed by atoms with Crippen LogP contribution >= 0.6 is 0 Å². The molecule has 0 unspecified atom stereocenters. The molecule has 0 aromatic carbocycles. The highest BCUT2D eigenvalue weighted by Gasteiger charge is 2.23. The van der Waals surface area contributed by atoms with E-state index in [2.05, 4.69) is 29.0 Å². The van der Waals surface area contributed by atoms with Crippen molar-refractivity contribution in [1.82, 2.24) is 15.1 Å². The zero-order valence-corrected chi connectivity index (χ0v) is 12.3. The van der Waals surface area contributed by atoms with Crippen LogP contribution in [0.2, 0.25) is 0 Å². The molecule has 1 aliphatic carbocycles. The average Bonchev–Trinajstić information content (AvgIpc) is 2.89. The molecule has 1 N–H and O–H groups in total. The zero-order valence-electron chi connectivity index (χ0n) is 12.3. The summed E-state index contributed by atoms with van der Waals surface area (Å²) in [4.78, 5) is 5.40. The molecule has 0 aromatic heterocycles. The molecule has 2 fully saturated rings. The summed E-state index contributed by atoms with van der Waals surface area (Å²) in [6.45, 7) is 13.4. The van der Waals surface area contributed by atoms with Gasteiger partial charge in [-0.25, -0.2) is 0 Å². The third-order valence-corrected chi connectivity index (χ3v) is 4.35. The summed E-state index contributed by atoms with van der Waals surface area (Å²) in [7, 11) is 0. The van der Waals surface area contributed by atoms with Gasteiger partial charge in [0.1, 0.15) is 0 Å². The first-order valence-corrected chi connectivity index (χ1v) is 7.93. The van der Waals surface area contributed by atoms with Crippen LogP contribution in [0.1, 0.15) is 39.5 Å². The van der Waals surface area contributed by atoms with Crippen molar-refractivity contribution in [2.75, 3.05) is 45.8 Å². The molecule has 1 heterocycles.